The smallest absolute Gasteiger partial charge is 0.339 e. The first-order valence-electron chi connectivity index (χ1n) is 8.35. The minimum Gasteiger partial charge on any atom is -0.489 e. The predicted octanol–water partition coefficient (Wildman–Crippen LogP) is 3.84. The van der Waals surface area contributed by atoms with Crippen LogP contribution in [0.4, 0.5) is 0 Å². The molecule has 0 aliphatic carbocycles. The van der Waals surface area contributed by atoms with E-state index < -0.39 is 5.97 Å². The van der Waals surface area contributed by atoms with Crippen LogP contribution in [0.5, 0.6) is 11.5 Å². The number of hydrogen-bond donors (Lipinski definition) is 1. The third-order valence-electron chi connectivity index (χ3n) is 3.92. The number of aromatic nitrogens is 2. The van der Waals surface area contributed by atoms with Crippen molar-refractivity contribution in [1.82, 2.24) is 9.97 Å². The minimum absolute atomic E-state index is 0.0260. The molecule has 0 spiro atoms. The monoisotopic (exact) mass is 340 g/mol. The van der Waals surface area contributed by atoms with Gasteiger partial charge in [0.15, 0.2) is 11.5 Å². The molecule has 0 atom stereocenters. The van der Waals surface area contributed by atoms with E-state index in [0.717, 1.165) is 23.0 Å². The van der Waals surface area contributed by atoms with Crippen molar-refractivity contribution in [3.63, 3.8) is 0 Å². The van der Waals surface area contributed by atoms with Gasteiger partial charge in [0.05, 0.1) is 29.8 Å². The molecule has 25 heavy (non-hydrogen) atoms. The summed E-state index contributed by atoms with van der Waals surface area (Å²) in [6.45, 7) is 6.39. The van der Waals surface area contributed by atoms with Gasteiger partial charge in [-0.2, -0.15) is 0 Å². The Hall–Kier alpha value is -2.89. The molecule has 1 N–H and O–H groups in total. The highest BCUT2D eigenvalue weighted by atomic mass is 16.5. The zero-order valence-corrected chi connectivity index (χ0v) is 14.5. The van der Waals surface area contributed by atoms with Crippen LogP contribution in [0.15, 0.2) is 24.3 Å². The van der Waals surface area contributed by atoms with E-state index in [9.17, 15) is 9.90 Å². The molecular weight excluding hydrogens is 320 g/mol. The SMILES string of the molecule is CCOc1c(C(=O)O)cc2nc3cc(CC)ccc3nc2c1OCC. The number of hydrogen-bond acceptors (Lipinski definition) is 5. The third kappa shape index (κ3) is 3.07. The second kappa shape index (κ2) is 6.93. The highest BCUT2D eigenvalue weighted by Gasteiger charge is 2.22. The Morgan fingerprint density at radius 1 is 0.960 bits per heavy atom. The van der Waals surface area contributed by atoms with E-state index in [-0.39, 0.29) is 11.3 Å². The molecule has 0 saturated carbocycles. The number of carboxylic acid groups (broad SMARTS) is 1. The van der Waals surface area contributed by atoms with Crippen LogP contribution in [0.3, 0.4) is 0 Å². The molecule has 0 fully saturated rings. The van der Waals surface area contributed by atoms with Crippen LogP contribution in [0.1, 0.15) is 36.7 Å². The third-order valence-corrected chi connectivity index (χ3v) is 3.92. The molecule has 2 aromatic carbocycles. The lowest BCUT2D eigenvalue weighted by Gasteiger charge is -2.15. The Balaban J connectivity index is 2.38. The Bertz CT molecular complexity index is 953. The average Bonchev–Trinajstić information content (AvgIpc) is 2.61. The molecule has 0 bridgehead atoms. The van der Waals surface area contributed by atoms with Crippen molar-refractivity contribution in [2.45, 2.75) is 27.2 Å². The van der Waals surface area contributed by atoms with Gasteiger partial charge in [0, 0.05) is 0 Å². The zero-order valence-electron chi connectivity index (χ0n) is 14.5. The summed E-state index contributed by atoms with van der Waals surface area (Å²) in [5.41, 5.74) is 3.62. The fourth-order valence-electron chi connectivity index (χ4n) is 2.76. The number of fused-ring (bicyclic) bond motifs is 2. The summed E-state index contributed by atoms with van der Waals surface area (Å²) in [6.07, 6.45) is 0.892. The van der Waals surface area contributed by atoms with Crippen LogP contribution >= 0.6 is 0 Å². The van der Waals surface area contributed by atoms with Gasteiger partial charge in [0.2, 0.25) is 0 Å². The highest BCUT2D eigenvalue weighted by Crippen LogP contribution is 2.38. The molecule has 1 aromatic heterocycles. The van der Waals surface area contributed by atoms with Crippen LogP contribution in [-0.4, -0.2) is 34.3 Å². The molecule has 1 heterocycles. The maximum Gasteiger partial charge on any atom is 0.339 e. The molecule has 0 saturated heterocycles. The van der Waals surface area contributed by atoms with Crippen molar-refractivity contribution in [3.05, 3.63) is 35.4 Å². The molecule has 0 aliphatic heterocycles. The summed E-state index contributed by atoms with van der Waals surface area (Å²) in [5.74, 6) is -0.563. The van der Waals surface area contributed by atoms with Crippen molar-refractivity contribution >= 4 is 28.0 Å². The van der Waals surface area contributed by atoms with Gasteiger partial charge >= 0.3 is 5.97 Å². The Morgan fingerprint density at radius 3 is 2.32 bits per heavy atom. The van der Waals surface area contributed by atoms with Gasteiger partial charge < -0.3 is 14.6 Å². The topological polar surface area (TPSA) is 81.5 Å². The van der Waals surface area contributed by atoms with Crippen LogP contribution in [0.25, 0.3) is 22.1 Å². The lowest BCUT2D eigenvalue weighted by molar-refractivity contribution is 0.0691. The van der Waals surface area contributed by atoms with Crippen molar-refractivity contribution in [2.24, 2.45) is 0 Å². The van der Waals surface area contributed by atoms with E-state index >= 15 is 0 Å². The fourth-order valence-corrected chi connectivity index (χ4v) is 2.76. The quantitative estimate of drug-likeness (QED) is 0.687. The summed E-state index contributed by atoms with van der Waals surface area (Å²) >= 11 is 0. The first-order valence-corrected chi connectivity index (χ1v) is 8.35. The van der Waals surface area contributed by atoms with Crippen LogP contribution in [0, 0.1) is 0 Å². The molecule has 6 nitrogen and oxygen atoms in total. The molecule has 130 valence electrons. The molecule has 0 amide bonds. The number of aromatic carboxylic acids is 1. The molecule has 6 heteroatoms. The second-order valence-electron chi connectivity index (χ2n) is 5.52. The van der Waals surface area contributed by atoms with Gasteiger partial charge in [-0.1, -0.05) is 13.0 Å². The summed E-state index contributed by atoms with van der Waals surface area (Å²) in [4.78, 5) is 20.9. The van der Waals surface area contributed by atoms with Gasteiger partial charge in [-0.25, -0.2) is 14.8 Å². The van der Waals surface area contributed by atoms with Crippen LogP contribution in [0.2, 0.25) is 0 Å². The molecule has 0 radical (unpaired) electrons. The number of ether oxygens (including phenoxy) is 2. The Morgan fingerprint density at radius 2 is 1.68 bits per heavy atom. The Labute approximate surface area is 145 Å². The zero-order chi connectivity index (χ0) is 18.0. The standard InChI is InChI=1S/C19H20N2O4/c1-4-11-7-8-13-14(9-11)20-15-10-12(19(22)23)17(24-5-2)18(25-6-3)16(15)21-13/h7-10H,4-6H2,1-3H3,(H,22,23). The fraction of sp³-hybridized carbons (Fsp3) is 0.316. The number of carbonyl (C=O) groups is 1. The van der Waals surface area contributed by atoms with E-state index in [2.05, 4.69) is 16.9 Å². The minimum atomic E-state index is -1.09. The van der Waals surface area contributed by atoms with E-state index in [1.165, 1.54) is 6.07 Å². The molecular formula is C19H20N2O4. The van der Waals surface area contributed by atoms with E-state index in [4.69, 9.17) is 9.47 Å². The number of nitrogens with zero attached hydrogens (tertiary/aromatic N) is 2. The van der Waals surface area contributed by atoms with Crippen LogP contribution in [-0.2, 0) is 6.42 Å². The second-order valence-corrected chi connectivity index (χ2v) is 5.52. The number of carboxylic acids is 1. The number of benzene rings is 2. The van der Waals surface area contributed by atoms with Gasteiger partial charge in [-0.15, -0.1) is 0 Å². The van der Waals surface area contributed by atoms with E-state index in [1.54, 1.807) is 6.92 Å². The van der Waals surface area contributed by atoms with Gasteiger partial charge in [0.25, 0.3) is 0 Å². The van der Waals surface area contributed by atoms with Crippen molar-refractivity contribution in [1.29, 1.82) is 0 Å². The van der Waals surface area contributed by atoms with Crippen molar-refractivity contribution in [2.75, 3.05) is 13.2 Å². The summed E-state index contributed by atoms with van der Waals surface area (Å²) in [5, 5.41) is 9.56. The van der Waals surface area contributed by atoms with Crippen LogP contribution < -0.4 is 9.47 Å². The van der Waals surface area contributed by atoms with E-state index in [1.807, 2.05) is 25.1 Å². The lowest BCUT2D eigenvalue weighted by Crippen LogP contribution is -2.07. The van der Waals surface area contributed by atoms with Crippen molar-refractivity contribution < 1.29 is 19.4 Å². The Kier molecular flexibility index (Phi) is 4.70. The van der Waals surface area contributed by atoms with Gasteiger partial charge in [-0.05, 0) is 44.0 Å². The largest absolute Gasteiger partial charge is 0.489 e. The number of aryl methyl sites for hydroxylation is 1. The summed E-state index contributed by atoms with van der Waals surface area (Å²) < 4.78 is 11.3. The van der Waals surface area contributed by atoms with Crippen molar-refractivity contribution in [3.8, 4) is 11.5 Å². The lowest BCUT2D eigenvalue weighted by atomic mass is 10.1. The predicted molar refractivity (Wildman–Crippen MR) is 95.7 cm³/mol. The summed E-state index contributed by atoms with van der Waals surface area (Å²) in [6, 6.07) is 7.40. The van der Waals surface area contributed by atoms with Gasteiger partial charge in [-0.3, -0.25) is 0 Å². The molecule has 0 unspecified atom stereocenters. The molecule has 3 rings (SSSR count). The number of rotatable bonds is 6. The first kappa shape index (κ1) is 17.0. The first-order chi connectivity index (χ1) is 12.1. The van der Waals surface area contributed by atoms with E-state index in [0.29, 0.717) is 30.0 Å². The maximum atomic E-state index is 11.7. The van der Waals surface area contributed by atoms with Gasteiger partial charge in [0.1, 0.15) is 11.1 Å². The maximum absolute atomic E-state index is 11.7. The highest BCUT2D eigenvalue weighted by molar-refractivity contribution is 6.01. The normalized spacial score (nSPS) is 11.0. The average molecular weight is 340 g/mol. The molecule has 3 aromatic rings. The summed E-state index contributed by atoms with van der Waals surface area (Å²) in [7, 11) is 0. The molecule has 0 aliphatic rings.